The second kappa shape index (κ2) is 10.3. The number of carboxylic acid groups (broad SMARTS) is 1. The lowest BCUT2D eigenvalue weighted by molar-refractivity contribution is -0.121. The smallest absolute Gasteiger partial charge is 0.335 e. The molecule has 0 saturated heterocycles. The molecule has 0 bridgehead atoms. The number of aliphatic hydroxyl groups excluding tert-OH is 1. The van der Waals surface area contributed by atoms with Crippen LogP contribution in [0.25, 0.3) is 0 Å². The van der Waals surface area contributed by atoms with Crippen LogP contribution >= 0.6 is 0 Å². The first-order valence-corrected chi connectivity index (χ1v) is 7.36. The molecule has 0 aliphatic heterocycles. The monoisotopic (exact) mass is 337 g/mol. The highest BCUT2D eigenvalue weighted by molar-refractivity contribution is 5.87. The Morgan fingerprint density at radius 2 is 1.96 bits per heavy atom. The molecule has 0 heterocycles. The summed E-state index contributed by atoms with van der Waals surface area (Å²) in [7, 11) is 0. The summed E-state index contributed by atoms with van der Waals surface area (Å²) in [5, 5.41) is 17.1. The van der Waals surface area contributed by atoms with Crippen LogP contribution in [0.1, 0.15) is 36.7 Å². The first kappa shape index (κ1) is 21.5. The topological polar surface area (TPSA) is 101 Å². The minimum Gasteiger partial charge on any atom is -0.478 e. The number of nitrogens with two attached hydrogens (primary N) is 1. The van der Waals surface area contributed by atoms with E-state index in [1.54, 1.807) is 6.08 Å². The molecule has 0 saturated carbocycles. The molecule has 24 heavy (non-hydrogen) atoms. The number of aromatic carboxylic acids is 1. The molecule has 132 valence electrons. The second-order valence-corrected chi connectivity index (χ2v) is 5.54. The molecule has 1 rings (SSSR count). The number of benzene rings is 1. The highest BCUT2D eigenvalue weighted by Crippen LogP contribution is 2.19. The number of hydrogen-bond donors (Lipinski definition) is 3. The van der Waals surface area contributed by atoms with Crippen LogP contribution in [-0.2, 0) is 11.4 Å². The van der Waals surface area contributed by atoms with Crippen molar-refractivity contribution < 1.29 is 24.2 Å². The Labute approximate surface area is 141 Å². The average molecular weight is 337 g/mol. The summed E-state index contributed by atoms with van der Waals surface area (Å²) in [6.45, 7) is 8.94. The quantitative estimate of drug-likeness (QED) is 0.695. The SMILES string of the molecule is C=C/C=C(\C)C(C(N)=O)C(C)C.O=C(O)c1ccc(F)c(CO)c1. The van der Waals surface area contributed by atoms with Crippen molar-refractivity contribution in [2.75, 3.05) is 0 Å². The van der Waals surface area contributed by atoms with Gasteiger partial charge in [-0.3, -0.25) is 4.79 Å². The highest BCUT2D eigenvalue weighted by Gasteiger charge is 2.20. The van der Waals surface area contributed by atoms with E-state index in [0.29, 0.717) is 0 Å². The van der Waals surface area contributed by atoms with Crippen molar-refractivity contribution in [2.24, 2.45) is 17.6 Å². The number of hydrogen-bond acceptors (Lipinski definition) is 3. The lowest BCUT2D eigenvalue weighted by Gasteiger charge is -2.17. The van der Waals surface area contributed by atoms with Crippen LogP contribution in [0, 0.1) is 17.7 Å². The summed E-state index contributed by atoms with van der Waals surface area (Å²) < 4.78 is 12.7. The lowest BCUT2D eigenvalue weighted by atomic mass is 9.88. The number of carbonyl (C=O) groups excluding carboxylic acids is 1. The summed E-state index contributed by atoms with van der Waals surface area (Å²) >= 11 is 0. The number of aliphatic hydroxyl groups is 1. The molecule has 0 aromatic heterocycles. The Morgan fingerprint density at radius 3 is 2.33 bits per heavy atom. The van der Waals surface area contributed by atoms with E-state index in [2.05, 4.69) is 6.58 Å². The number of carbonyl (C=O) groups is 2. The zero-order chi connectivity index (χ0) is 18.9. The van der Waals surface area contributed by atoms with Crippen LogP contribution in [0.4, 0.5) is 4.39 Å². The largest absolute Gasteiger partial charge is 0.478 e. The van der Waals surface area contributed by atoms with Crippen molar-refractivity contribution in [2.45, 2.75) is 27.4 Å². The fourth-order valence-corrected chi connectivity index (χ4v) is 2.20. The van der Waals surface area contributed by atoms with Gasteiger partial charge in [0.15, 0.2) is 0 Å². The van der Waals surface area contributed by atoms with E-state index < -0.39 is 18.4 Å². The molecule has 0 fully saturated rings. The standard InChI is InChI=1S/C10H17NO.C8H7FO3/c1-5-6-8(4)9(7(2)3)10(11)12;9-7-2-1-5(8(11)12)3-6(7)4-10/h5-7,9H,1H2,2-4H3,(H2,11,12);1-3,10H,4H2,(H,11,12)/b8-6+;. The van der Waals surface area contributed by atoms with Gasteiger partial charge in [-0.25, -0.2) is 9.18 Å². The maximum atomic E-state index is 12.7. The number of primary amides is 1. The van der Waals surface area contributed by atoms with Crippen LogP contribution in [0.3, 0.4) is 0 Å². The van der Waals surface area contributed by atoms with Crippen molar-refractivity contribution in [1.29, 1.82) is 0 Å². The molecule has 5 nitrogen and oxygen atoms in total. The Morgan fingerprint density at radius 1 is 1.38 bits per heavy atom. The van der Waals surface area contributed by atoms with Crippen molar-refractivity contribution >= 4 is 11.9 Å². The maximum absolute atomic E-state index is 12.7. The van der Waals surface area contributed by atoms with Crippen molar-refractivity contribution in [3.63, 3.8) is 0 Å². The van der Waals surface area contributed by atoms with E-state index in [9.17, 15) is 14.0 Å². The molecular formula is C18H24FNO4. The van der Waals surface area contributed by atoms with Crippen LogP contribution in [0.5, 0.6) is 0 Å². The normalized spacial score (nSPS) is 12.2. The highest BCUT2D eigenvalue weighted by atomic mass is 19.1. The lowest BCUT2D eigenvalue weighted by Crippen LogP contribution is -2.28. The molecule has 1 aromatic rings. The predicted octanol–water partition coefficient (Wildman–Crippen LogP) is 2.89. The molecule has 0 aliphatic rings. The summed E-state index contributed by atoms with van der Waals surface area (Å²) in [4.78, 5) is 21.4. The number of allylic oxidation sites excluding steroid dienone is 2. The van der Waals surface area contributed by atoms with Gasteiger partial charge in [-0.1, -0.05) is 38.2 Å². The van der Waals surface area contributed by atoms with Gasteiger partial charge in [0.05, 0.1) is 18.1 Å². The Bertz CT molecular complexity index is 623. The minimum atomic E-state index is -1.13. The average Bonchev–Trinajstić information content (AvgIpc) is 2.47. The van der Waals surface area contributed by atoms with Crippen LogP contribution in [0.15, 0.2) is 42.5 Å². The van der Waals surface area contributed by atoms with Crippen molar-refractivity contribution in [3.05, 3.63) is 59.4 Å². The van der Waals surface area contributed by atoms with Gasteiger partial charge in [-0.2, -0.15) is 0 Å². The van der Waals surface area contributed by atoms with Gasteiger partial charge in [-0.05, 0) is 31.0 Å². The zero-order valence-electron chi connectivity index (χ0n) is 14.1. The van der Waals surface area contributed by atoms with Crippen LogP contribution in [-0.4, -0.2) is 22.1 Å². The molecule has 1 aromatic carbocycles. The molecule has 0 spiro atoms. The summed E-state index contributed by atoms with van der Waals surface area (Å²) in [6, 6.07) is 3.28. The van der Waals surface area contributed by atoms with Crippen LogP contribution in [0.2, 0.25) is 0 Å². The predicted molar refractivity (Wildman–Crippen MR) is 90.8 cm³/mol. The summed E-state index contributed by atoms with van der Waals surface area (Å²) in [5.41, 5.74) is 6.20. The van der Waals surface area contributed by atoms with Gasteiger partial charge in [0, 0.05) is 5.56 Å². The van der Waals surface area contributed by atoms with Crippen molar-refractivity contribution in [3.8, 4) is 0 Å². The Hall–Kier alpha value is -2.47. The van der Waals surface area contributed by atoms with Gasteiger partial charge < -0.3 is 15.9 Å². The molecule has 1 atom stereocenters. The van der Waals surface area contributed by atoms with E-state index in [-0.39, 0.29) is 28.9 Å². The molecule has 0 radical (unpaired) electrons. The van der Waals surface area contributed by atoms with E-state index in [0.717, 1.165) is 23.8 Å². The van der Waals surface area contributed by atoms with E-state index >= 15 is 0 Å². The number of rotatable bonds is 6. The molecular weight excluding hydrogens is 313 g/mol. The van der Waals surface area contributed by atoms with Crippen molar-refractivity contribution in [1.82, 2.24) is 0 Å². The summed E-state index contributed by atoms with van der Waals surface area (Å²) in [6.07, 6.45) is 3.50. The van der Waals surface area contributed by atoms with E-state index in [1.165, 1.54) is 0 Å². The summed E-state index contributed by atoms with van der Waals surface area (Å²) in [5.74, 6) is -1.91. The van der Waals surface area contributed by atoms with Gasteiger partial charge in [-0.15, -0.1) is 0 Å². The number of carboxylic acids is 1. The van der Waals surface area contributed by atoms with E-state index in [1.807, 2.05) is 26.8 Å². The second-order valence-electron chi connectivity index (χ2n) is 5.54. The zero-order valence-corrected chi connectivity index (χ0v) is 14.1. The third kappa shape index (κ3) is 6.75. The molecule has 6 heteroatoms. The van der Waals surface area contributed by atoms with Gasteiger partial charge in [0.25, 0.3) is 0 Å². The molecule has 1 unspecified atom stereocenters. The first-order chi connectivity index (χ1) is 11.1. The molecule has 0 aliphatic carbocycles. The fourth-order valence-electron chi connectivity index (χ4n) is 2.20. The fraction of sp³-hybridized carbons (Fsp3) is 0.333. The first-order valence-electron chi connectivity index (χ1n) is 7.36. The molecule has 1 amide bonds. The van der Waals surface area contributed by atoms with Gasteiger partial charge in [0.1, 0.15) is 5.82 Å². The third-order valence-electron chi connectivity index (χ3n) is 3.31. The number of halogens is 1. The van der Waals surface area contributed by atoms with Gasteiger partial charge >= 0.3 is 5.97 Å². The Kier molecular flexibility index (Phi) is 9.27. The number of amides is 1. The van der Waals surface area contributed by atoms with Crippen LogP contribution < -0.4 is 5.73 Å². The van der Waals surface area contributed by atoms with Gasteiger partial charge in [0.2, 0.25) is 5.91 Å². The maximum Gasteiger partial charge on any atom is 0.335 e. The molecule has 4 N–H and O–H groups in total. The Balaban J connectivity index is 0.000000441. The third-order valence-corrected chi connectivity index (χ3v) is 3.31. The van der Waals surface area contributed by atoms with E-state index in [4.69, 9.17) is 15.9 Å². The minimum absolute atomic E-state index is 0.00472.